The van der Waals surface area contributed by atoms with E-state index in [1.165, 1.54) is 25.1 Å². The van der Waals surface area contributed by atoms with Gasteiger partial charge in [-0.15, -0.1) is 11.3 Å². The molecule has 19 heavy (non-hydrogen) atoms. The minimum Gasteiger partial charge on any atom is -0.385 e. The molecule has 0 bridgehead atoms. The van der Waals surface area contributed by atoms with Crippen molar-refractivity contribution in [3.05, 3.63) is 63.3 Å². The maximum absolute atomic E-state index is 3.49. The summed E-state index contributed by atoms with van der Waals surface area (Å²) in [5, 5.41) is 6.06. The lowest BCUT2D eigenvalue weighted by Gasteiger charge is -2.06. The van der Waals surface area contributed by atoms with E-state index in [4.69, 9.17) is 0 Å². The minimum absolute atomic E-state index is 0.964. The van der Waals surface area contributed by atoms with Crippen molar-refractivity contribution in [2.45, 2.75) is 6.42 Å². The highest BCUT2D eigenvalue weighted by Crippen LogP contribution is 2.23. The predicted octanol–water partition coefficient (Wildman–Crippen LogP) is 5.32. The molecule has 3 rings (SSSR count). The van der Waals surface area contributed by atoms with Crippen molar-refractivity contribution in [2.24, 2.45) is 0 Å². The van der Waals surface area contributed by atoms with Gasteiger partial charge in [0.25, 0.3) is 0 Å². The largest absolute Gasteiger partial charge is 0.385 e. The molecule has 0 aliphatic heterocycles. The maximum Gasteiger partial charge on any atom is 0.0701 e. The first-order valence-corrected chi connectivity index (χ1v) is 7.89. The highest BCUT2D eigenvalue weighted by atomic mass is 79.9. The van der Waals surface area contributed by atoms with E-state index >= 15 is 0 Å². The zero-order valence-electron chi connectivity index (χ0n) is 10.4. The van der Waals surface area contributed by atoms with E-state index in [1.807, 2.05) is 0 Å². The minimum atomic E-state index is 0.964. The van der Waals surface area contributed by atoms with Gasteiger partial charge in [-0.1, -0.05) is 30.3 Å². The van der Waals surface area contributed by atoms with E-state index in [0.717, 1.165) is 13.0 Å². The summed E-state index contributed by atoms with van der Waals surface area (Å²) in [6.07, 6.45) is 1.06. The average Bonchev–Trinajstić information content (AvgIpc) is 2.84. The second-order valence-corrected chi connectivity index (χ2v) is 6.99. The van der Waals surface area contributed by atoms with Gasteiger partial charge in [-0.25, -0.2) is 0 Å². The topological polar surface area (TPSA) is 12.0 Å². The van der Waals surface area contributed by atoms with Gasteiger partial charge < -0.3 is 5.32 Å². The van der Waals surface area contributed by atoms with Crippen molar-refractivity contribution in [2.75, 3.05) is 11.9 Å². The zero-order chi connectivity index (χ0) is 13.1. The van der Waals surface area contributed by atoms with Crippen LogP contribution in [0.4, 0.5) is 5.69 Å². The number of hydrogen-bond donors (Lipinski definition) is 1. The number of benzene rings is 2. The fourth-order valence-corrected chi connectivity index (χ4v) is 3.60. The van der Waals surface area contributed by atoms with Gasteiger partial charge in [0, 0.05) is 17.1 Å². The number of anilines is 1. The van der Waals surface area contributed by atoms with Gasteiger partial charge in [-0.2, -0.15) is 0 Å². The summed E-state index contributed by atoms with van der Waals surface area (Å²) < 4.78 is 1.20. The molecule has 0 amide bonds. The number of halogens is 1. The van der Waals surface area contributed by atoms with Crippen molar-refractivity contribution in [1.82, 2.24) is 0 Å². The molecule has 1 nitrogen and oxygen atoms in total. The quantitative estimate of drug-likeness (QED) is 0.682. The third-order valence-corrected chi connectivity index (χ3v) is 4.76. The Morgan fingerprint density at radius 2 is 1.79 bits per heavy atom. The molecule has 0 fully saturated rings. The number of hydrogen-bond acceptors (Lipinski definition) is 2. The van der Waals surface area contributed by atoms with Crippen LogP contribution in [0.25, 0.3) is 10.8 Å². The first-order chi connectivity index (χ1) is 9.31. The van der Waals surface area contributed by atoms with E-state index in [9.17, 15) is 0 Å². The smallest absolute Gasteiger partial charge is 0.0701 e. The molecule has 3 aromatic rings. The summed E-state index contributed by atoms with van der Waals surface area (Å²) >= 11 is 5.30. The third kappa shape index (κ3) is 3.17. The molecule has 0 unspecified atom stereocenters. The Morgan fingerprint density at radius 1 is 0.947 bits per heavy atom. The first kappa shape index (κ1) is 12.7. The van der Waals surface area contributed by atoms with E-state index in [-0.39, 0.29) is 0 Å². The Balaban J connectivity index is 1.65. The van der Waals surface area contributed by atoms with Crippen molar-refractivity contribution in [3.8, 4) is 0 Å². The predicted molar refractivity (Wildman–Crippen MR) is 88.2 cm³/mol. The molecule has 0 radical (unpaired) electrons. The Bertz CT molecular complexity index is 690. The summed E-state index contributed by atoms with van der Waals surface area (Å²) in [7, 11) is 0. The molecule has 0 saturated carbocycles. The van der Waals surface area contributed by atoms with Crippen LogP contribution in [0.5, 0.6) is 0 Å². The maximum atomic E-state index is 3.49. The summed E-state index contributed by atoms with van der Waals surface area (Å²) in [5.41, 5.74) is 1.19. The Morgan fingerprint density at radius 3 is 2.58 bits per heavy atom. The second-order valence-electron chi connectivity index (χ2n) is 4.44. The summed E-state index contributed by atoms with van der Waals surface area (Å²) in [6.45, 7) is 0.964. The van der Waals surface area contributed by atoms with Gasteiger partial charge in [0.05, 0.1) is 3.79 Å². The molecule has 0 spiro atoms. The average molecular weight is 332 g/mol. The molecule has 0 aliphatic rings. The van der Waals surface area contributed by atoms with Crippen molar-refractivity contribution < 1.29 is 0 Å². The molecule has 0 atom stereocenters. The molecule has 1 N–H and O–H groups in total. The van der Waals surface area contributed by atoms with Crippen LogP contribution in [0.2, 0.25) is 0 Å². The second kappa shape index (κ2) is 5.76. The first-order valence-electron chi connectivity index (χ1n) is 6.28. The van der Waals surface area contributed by atoms with Crippen LogP contribution in [-0.2, 0) is 6.42 Å². The Hall–Kier alpha value is -1.32. The number of fused-ring (bicyclic) bond motifs is 1. The standard InChI is InChI=1S/C16H14BrNS/c17-16-8-7-15(19-16)9-10-18-14-6-5-12-3-1-2-4-13(12)11-14/h1-8,11,18H,9-10H2. The summed E-state index contributed by atoms with van der Waals surface area (Å²) in [6, 6.07) is 19.2. The van der Waals surface area contributed by atoms with Crippen molar-refractivity contribution >= 4 is 43.7 Å². The summed E-state index contributed by atoms with van der Waals surface area (Å²) in [4.78, 5) is 1.40. The highest BCUT2D eigenvalue weighted by molar-refractivity contribution is 9.11. The van der Waals surface area contributed by atoms with Gasteiger partial charge in [0.2, 0.25) is 0 Å². The molecular formula is C16H14BrNS. The molecular weight excluding hydrogens is 318 g/mol. The number of rotatable bonds is 4. The fraction of sp³-hybridized carbons (Fsp3) is 0.125. The number of nitrogens with one attached hydrogen (secondary N) is 1. The van der Waals surface area contributed by atoms with Gasteiger partial charge in [0.15, 0.2) is 0 Å². The zero-order valence-corrected chi connectivity index (χ0v) is 12.8. The summed E-state index contributed by atoms with van der Waals surface area (Å²) in [5.74, 6) is 0. The lowest BCUT2D eigenvalue weighted by molar-refractivity contribution is 1.05. The van der Waals surface area contributed by atoms with Crippen LogP contribution >= 0.6 is 27.3 Å². The molecule has 2 aromatic carbocycles. The molecule has 3 heteroatoms. The normalized spacial score (nSPS) is 10.8. The lowest BCUT2D eigenvalue weighted by atomic mass is 10.1. The van der Waals surface area contributed by atoms with E-state index in [1.54, 1.807) is 11.3 Å². The van der Waals surface area contributed by atoms with Crippen LogP contribution in [-0.4, -0.2) is 6.54 Å². The highest BCUT2D eigenvalue weighted by Gasteiger charge is 1.99. The third-order valence-electron chi connectivity index (χ3n) is 3.08. The SMILES string of the molecule is Brc1ccc(CCNc2ccc3ccccc3c2)s1. The Labute approximate surface area is 125 Å². The molecule has 1 aromatic heterocycles. The van der Waals surface area contributed by atoms with Crippen LogP contribution in [0.3, 0.4) is 0 Å². The van der Waals surface area contributed by atoms with E-state index < -0.39 is 0 Å². The fourth-order valence-electron chi connectivity index (χ4n) is 2.12. The van der Waals surface area contributed by atoms with Crippen LogP contribution in [0.1, 0.15) is 4.88 Å². The van der Waals surface area contributed by atoms with Crippen molar-refractivity contribution in [1.29, 1.82) is 0 Å². The Kier molecular flexibility index (Phi) is 3.85. The lowest BCUT2D eigenvalue weighted by Crippen LogP contribution is -2.03. The number of thiophene rings is 1. The van der Waals surface area contributed by atoms with E-state index in [2.05, 4.69) is 75.8 Å². The molecule has 1 heterocycles. The molecule has 0 aliphatic carbocycles. The van der Waals surface area contributed by atoms with Crippen LogP contribution in [0.15, 0.2) is 58.4 Å². The molecule has 0 saturated heterocycles. The van der Waals surface area contributed by atoms with Gasteiger partial charge >= 0.3 is 0 Å². The van der Waals surface area contributed by atoms with E-state index in [0.29, 0.717) is 0 Å². The monoisotopic (exact) mass is 331 g/mol. The van der Waals surface area contributed by atoms with Gasteiger partial charge in [-0.05, 0) is 57.4 Å². The van der Waals surface area contributed by atoms with Crippen LogP contribution in [0, 0.1) is 0 Å². The van der Waals surface area contributed by atoms with Crippen molar-refractivity contribution in [3.63, 3.8) is 0 Å². The van der Waals surface area contributed by atoms with Gasteiger partial charge in [-0.3, -0.25) is 0 Å². The van der Waals surface area contributed by atoms with Gasteiger partial charge in [0.1, 0.15) is 0 Å². The van der Waals surface area contributed by atoms with Crippen LogP contribution < -0.4 is 5.32 Å². The molecule has 96 valence electrons.